The van der Waals surface area contributed by atoms with E-state index in [4.69, 9.17) is 14.9 Å². The number of hydrogen-bond acceptors (Lipinski definition) is 4. The molecule has 0 bridgehead atoms. The van der Waals surface area contributed by atoms with Crippen LogP contribution in [0.4, 0.5) is 0 Å². The van der Waals surface area contributed by atoms with Crippen LogP contribution in [0, 0.1) is 5.92 Å². The molecule has 17 heavy (non-hydrogen) atoms. The van der Waals surface area contributed by atoms with E-state index in [0.29, 0.717) is 0 Å². The van der Waals surface area contributed by atoms with Gasteiger partial charge in [-0.05, 0) is 25.1 Å². The van der Waals surface area contributed by atoms with E-state index in [-0.39, 0.29) is 24.5 Å². The third-order valence-electron chi connectivity index (χ3n) is 3.69. The van der Waals surface area contributed by atoms with Crippen molar-refractivity contribution in [2.45, 2.75) is 51.9 Å². The number of ether oxygens (including phenoxy) is 1. The van der Waals surface area contributed by atoms with E-state index >= 15 is 0 Å². The lowest BCUT2D eigenvalue weighted by Gasteiger charge is -2.34. The van der Waals surface area contributed by atoms with Crippen LogP contribution in [-0.4, -0.2) is 34.0 Å². The Morgan fingerprint density at radius 2 is 1.71 bits per heavy atom. The first kappa shape index (κ1) is 16.6. The number of hydrogen-bond donors (Lipinski definition) is 1. The fraction of sp³-hybridized carbons (Fsp3) is 0.917. The van der Waals surface area contributed by atoms with Gasteiger partial charge in [-0.15, -0.1) is 0 Å². The molecule has 0 spiro atoms. The van der Waals surface area contributed by atoms with Gasteiger partial charge in [0.2, 0.25) is 0 Å². The maximum atomic E-state index is 11.6. The van der Waals surface area contributed by atoms with Crippen LogP contribution in [0.25, 0.3) is 0 Å². The van der Waals surface area contributed by atoms with Gasteiger partial charge < -0.3 is 14.9 Å². The van der Waals surface area contributed by atoms with E-state index in [2.05, 4.69) is 20.8 Å². The zero-order valence-corrected chi connectivity index (χ0v) is 12.8. The molecular formula is C12H27NO3Si. The summed E-state index contributed by atoms with van der Waals surface area (Å²) in [6.07, 6.45) is -0.154. The second kappa shape index (κ2) is 7.84. The molecule has 5 heteroatoms. The van der Waals surface area contributed by atoms with Crippen molar-refractivity contribution < 1.29 is 14.0 Å². The Bertz CT molecular complexity index is 224. The van der Waals surface area contributed by atoms with Crippen LogP contribution in [0.15, 0.2) is 0 Å². The molecule has 0 amide bonds. The van der Waals surface area contributed by atoms with Gasteiger partial charge >= 0.3 is 5.97 Å². The molecule has 0 aliphatic rings. The van der Waals surface area contributed by atoms with Gasteiger partial charge in [-0.1, -0.05) is 20.8 Å². The van der Waals surface area contributed by atoms with Crippen LogP contribution in [0.5, 0.6) is 0 Å². The summed E-state index contributed by atoms with van der Waals surface area (Å²) in [6.45, 7) is 8.71. The van der Waals surface area contributed by atoms with Crippen molar-refractivity contribution in [3.8, 4) is 0 Å². The Kier molecular flexibility index (Phi) is 7.66. The molecule has 0 rings (SSSR count). The summed E-state index contributed by atoms with van der Waals surface area (Å²) >= 11 is 0. The summed E-state index contributed by atoms with van der Waals surface area (Å²) in [5.74, 6) is -0.622. The highest BCUT2D eigenvalue weighted by Crippen LogP contribution is 2.25. The quantitative estimate of drug-likeness (QED) is 0.537. The number of nitrogens with two attached hydrogens (primary N) is 1. The molecule has 4 nitrogen and oxygen atoms in total. The molecule has 0 aromatic rings. The Labute approximate surface area is 106 Å². The van der Waals surface area contributed by atoms with Crippen molar-refractivity contribution >= 4 is 14.3 Å². The maximum Gasteiger partial charge on any atom is 0.312 e. The first-order valence-corrected chi connectivity index (χ1v) is 8.98. The molecule has 0 radical (unpaired) electrons. The Balaban J connectivity index is 4.68. The number of rotatable bonds is 8. The van der Waals surface area contributed by atoms with Gasteiger partial charge in [-0.2, -0.15) is 0 Å². The van der Waals surface area contributed by atoms with Crippen molar-refractivity contribution in [3.05, 3.63) is 0 Å². The van der Waals surface area contributed by atoms with Crippen molar-refractivity contribution in [2.24, 2.45) is 11.7 Å². The Morgan fingerprint density at radius 3 is 2.00 bits per heavy atom. The molecule has 0 aromatic carbocycles. The highest BCUT2D eigenvalue weighted by Gasteiger charge is 2.35. The summed E-state index contributed by atoms with van der Waals surface area (Å²) in [5, 5.41) is 0. The number of carbonyl (C=O) groups excluding carboxylic acids is 1. The van der Waals surface area contributed by atoms with Gasteiger partial charge in [0.05, 0.1) is 19.1 Å². The van der Waals surface area contributed by atoms with Crippen molar-refractivity contribution in [1.82, 2.24) is 0 Å². The number of esters is 1. The smallest absolute Gasteiger partial charge is 0.312 e. The zero-order valence-electron chi connectivity index (χ0n) is 11.8. The summed E-state index contributed by atoms with van der Waals surface area (Å²) < 4.78 is 11.0. The van der Waals surface area contributed by atoms with Gasteiger partial charge in [-0.3, -0.25) is 4.79 Å². The molecule has 0 aliphatic carbocycles. The summed E-state index contributed by atoms with van der Waals surface area (Å²) in [7, 11) is -0.291. The lowest BCUT2D eigenvalue weighted by molar-refractivity contribution is -0.148. The highest BCUT2D eigenvalue weighted by molar-refractivity contribution is 6.73. The fourth-order valence-corrected chi connectivity index (χ4v) is 5.06. The second-order valence-corrected chi connectivity index (χ2v) is 9.16. The predicted molar refractivity (Wildman–Crippen MR) is 72.3 cm³/mol. The van der Waals surface area contributed by atoms with E-state index in [1.54, 1.807) is 0 Å². The number of carbonyl (C=O) groups is 1. The van der Waals surface area contributed by atoms with Crippen LogP contribution >= 0.6 is 0 Å². The molecule has 0 saturated heterocycles. The molecule has 2 atom stereocenters. The van der Waals surface area contributed by atoms with E-state index in [1.165, 1.54) is 7.11 Å². The van der Waals surface area contributed by atoms with Gasteiger partial charge in [-0.25, -0.2) is 0 Å². The van der Waals surface area contributed by atoms with Crippen LogP contribution in [0.2, 0.25) is 18.1 Å². The largest absolute Gasteiger partial charge is 0.469 e. The molecule has 0 unspecified atom stereocenters. The minimum atomic E-state index is -1.68. The Morgan fingerprint density at radius 1 is 1.24 bits per heavy atom. The van der Waals surface area contributed by atoms with Crippen LogP contribution in [-0.2, 0) is 14.0 Å². The Hall–Kier alpha value is -0.393. The topological polar surface area (TPSA) is 61.5 Å². The standard InChI is InChI=1S/C12H27NO3Si/c1-6-17(7-2,8-3)16-10(4)11(9-13)12(14)15-5/h10-11H,6-9,13H2,1-5H3/t10-,11+/m1/s1. The van der Waals surface area contributed by atoms with E-state index < -0.39 is 8.32 Å². The SMILES string of the molecule is CC[Si](CC)(CC)O[C@H](C)[C@H](CN)C(=O)OC. The first-order valence-electron chi connectivity index (χ1n) is 6.45. The molecule has 0 saturated carbocycles. The van der Waals surface area contributed by atoms with E-state index in [9.17, 15) is 4.79 Å². The first-order chi connectivity index (χ1) is 8.00. The number of methoxy groups -OCH3 is 1. The van der Waals surface area contributed by atoms with Crippen molar-refractivity contribution in [1.29, 1.82) is 0 Å². The fourth-order valence-electron chi connectivity index (χ4n) is 2.11. The maximum absolute atomic E-state index is 11.6. The lowest BCUT2D eigenvalue weighted by Crippen LogP contribution is -2.45. The molecule has 0 aromatic heterocycles. The van der Waals surface area contributed by atoms with Crippen LogP contribution < -0.4 is 5.73 Å². The average Bonchev–Trinajstić information content (AvgIpc) is 2.36. The molecule has 102 valence electrons. The summed E-state index contributed by atoms with van der Waals surface area (Å²) in [4.78, 5) is 11.6. The van der Waals surface area contributed by atoms with Gasteiger partial charge in [0, 0.05) is 6.54 Å². The highest BCUT2D eigenvalue weighted by atomic mass is 28.4. The molecule has 2 N–H and O–H groups in total. The predicted octanol–water partition coefficient (Wildman–Crippen LogP) is 2.14. The second-order valence-electron chi connectivity index (χ2n) is 4.43. The monoisotopic (exact) mass is 261 g/mol. The summed E-state index contributed by atoms with van der Waals surface area (Å²) in [6, 6.07) is 3.22. The van der Waals surface area contributed by atoms with Crippen molar-refractivity contribution in [3.63, 3.8) is 0 Å². The average molecular weight is 261 g/mol. The van der Waals surface area contributed by atoms with Gasteiger partial charge in [0.25, 0.3) is 0 Å². The van der Waals surface area contributed by atoms with E-state index in [0.717, 1.165) is 18.1 Å². The molecule has 0 fully saturated rings. The van der Waals surface area contributed by atoms with Crippen molar-refractivity contribution in [2.75, 3.05) is 13.7 Å². The van der Waals surface area contributed by atoms with Gasteiger partial charge in [0.1, 0.15) is 0 Å². The molecule has 0 heterocycles. The normalized spacial score (nSPS) is 15.4. The third kappa shape index (κ3) is 4.41. The zero-order chi connectivity index (χ0) is 13.5. The third-order valence-corrected chi connectivity index (χ3v) is 8.43. The minimum Gasteiger partial charge on any atom is -0.469 e. The van der Waals surface area contributed by atoms with Crippen LogP contribution in [0.3, 0.4) is 0 Å². The van der Waals surface area contributed by atoms with E-state index in [1.807, 2.05) is 6.92 Å². The van der Waals surface area contributed by atoms with Gasteiger partial charge in [0.15, 0.2) is 8.32 Å². The summed E-state index contributed by atoms with van der Waals surface area (Å²) in [5.41, 5.74) is 5.63. The molecular weight excluding hydrogens is 234 g/mol. The lowest BCUT2D eigenvalue weighted by atomic mass is 10.1. The minimum absolute atomic E-state index is 0.154. The van der Waals surface area contributed by atoms with Crippen LogP contribution in [0.1, 0.15) is 27.7 Å². The molecule has 0 aliphatic heterocycles.